The predicted octanol–water partition coefficient (Wildman–Crippen LogP) is -1.05. The van der Waals surface area contributed by atoms with Gasteiger partial charge in [-0.2, -0.15) is 0 Å². The molecular formula is C15H19N5O4. The minimum absolute atomic E-state index is 0.164. The number of carbonyl (C=O) groups excluding carboxylic acids is 3. The molecule has 0 aliphatic carbocycles. The van der Waals surface area contributed by atoms with Crippen molar-refractivity contribution in [1.29, 1.82) is 0 Å². The van der Waals surface area contributed by atoms with Gasteiger partial charge in [-0.15, -0.1) is 0 Å². The molecule has 0 aromatic carbocycles. The lowest BCUT2D eigenvalue weighted by Gasteiger charge is -2.34. The second-order valence-corrected chi connectivity index (χ2v) is 5.68. The number of esters is 1. The van der Waals surface area contributed by atoms with Crippen molar-refractivity contribution in [1.82, 2.24) is 20.2 Å². The number of hydrogen-bond acceptors (Lipinski definition) is 7. The maximum atomic E-state index is 12.1. The zero-order valence-corrected chi connectivity index (χ0v) is 13.2. The summed E-state index contributed by atoms with van der Waals surface area (Å²) >= 11 is 0. The minimum Gasteiger partial charge on any atom is -0.454 e. The van der Waals surface area contributed by atoms with E-state index in [2.05, 4.69) is 15.3 Å². The lowest BCUT2D eigenvalue weighted by atomic mass is 10.2. The molecule has 1 N–H and O–H groups in total. The second kappa shape index (κ2) is 7.24. The van der Waals surface area contributed by atoms with Crippen molar-refractivity contribution in [2.24, 2.45) is 0 Å². The number of nitrogens with zero attached hydrogens (tertiary/aromatic N) is 4. The van der Waals surface area contributed by atoms with E-state index < -0.39 is 12.0 Å². The molecule has 24 heavy (non-hydrogen) atoms. The van der Waals surface area contributed by atoms with Crippen molar-refractivity contribution in [2.75, 3.05) is 37.7 Å². The van der Waals surface area contributed by atoms with Gasteiger partial charge in [0.05, 0.1) is 0 Å². The first-order valence-electron chi connectivity index (χ1n) is 7.89. The van der Waals surface area contributed by atoms with E-state index in [9.17, 15) is 14.4 Å². The average Bonchev–Trinajstić information content (AvgIpc) is 3.07. The van der Waals surface area contributed by atoms with E-state index in [1.165, 1.54) is 0 Å². The fraction of sp³-hybridized carbons (Fsp3) is 0.533. The van der Waals surface area contributed by atoms with Gasteiger partial charge < -0.3 is 19.9 Å². The Labute approximate surface area is 139 Å². The summed E-state index contributed by atoms with van der Waals surface area (Å²) < 4.78 is 5.02. The third-order valence-electron chi connectivity index (χ3n) is 4.09. The molecule has 0 unspecified atom stereocenters. The smallest absolute Gasteiger partial charge is 0.329 e. The van der Waals surface area contributed by atoms with Crippen LogP contribution in [0.15, 0.2) is 18.5 Å². The van der Waals surface area contributed by atoms with Gasteiger partial charge in [0.1, 0.15) is 6.04 Å². The van der Waals surface area contributed by atoms with Gasteiger partial charge in [0.2, 0.25) is 11.9 Å². The van der Waals surface area contributed by atoms with Crippen LogP contribution in [-0.4, -0.2) is 71.5 Å². The lowest BCUT2D eigenvalue weighted by Crippen LogP contribution is -2.50. The maximum Gasteiger partial charge on any atom is 0.329 e. The molecule has 1 atom stereocenters. The maximum absolute atomic E-state index is 12.1. The number of hydrogen-bond donors (Lipinski definition) is 1. The third-order valence-corrected chi connectivity index (χ3v) is 4.09. The van der Waals surface area contributed by atoms with Crippen LogP contribution in [0.4, 0.5) is 5.95 Å². The number of aromatic nitrogens is 2. The normalized spacial score (nSPS) is 20.7. The first kappa shape index (κ1) is 16.2. The van der Waals surface area contributed by atoms with Gasteiger partial charge in [-0.1, -0.05) is 0 Å². The molecule has 2 saturated heterocycles. The highest BCUT2D eigenvalue weighted by Crippen LogP contribution is 2.11. The predicted molar refractivity (Wildman–Crippen MR) is 82.9 cm³/mol. The van der Waals surface area contributed by atoms with Gasteiger partial charge in [-0.05, 0) is 12.5 Å². The molecule has 3 heterocycles. The molecule has 2 aliphatic heterocycles. The van der Waals surface area contributed by atoms with Crippen molar-refractivity contribution in [3.05, 3.63) is 18.5 Å². The topological polar surface area (TPSA) is 105 Å². The SMILES string of the molecule is O=C1CC[C@@H](C(=O)OCC(=O)N2CCN(c3ncccn3)CC2)N1. The quantitative estimate of drug-likeness (QED) is 0.701. The molecule has 2 fully saturated rings. The van der Waals surface area contributed by atoms with Crippen molar-refractivity contribution in [2.45, 2.75) is 18.9 Å². The van der Waals surface area contributed by atoms with Gasteiger partial charge in [0, 0.05) is 45.0 Å². The van der Waals surface area contributed by atoms with Crippen LogP contribution >= 0.6 is 0 Å². The number of anilines is 1. The molecule has 2 aliphatic rings. The summed E-state index contributed by atoms with van der Waals surface area (Å²) in [6.45, 7) is 2.00. The lowest BCUT2D eigenvalue weighted by molar-refractivity contribution is -0.153. The Bertz CT molecular complexity index is 616. The summed E-state index contributed by atoms with van der Waals surface area (Å²) in [6, 6.07) is 1.13. The molecule has 0 radical (unpaired) electrons. The van der Waals surface area contributed by atoms with Crippen LogP contribution < -0.4 is 10.2 Å². The highest BCUT2D eigenvalue weighted by atomic mass is 16.5. The molecule has 128 valence electrons. The molecule has 1 aromatic heterocycles. The monoisotopic (exact) mass is 333 g/mol. The van der Waals surface area contributed by atoms with Crippen LogP contribution in [0.3, 0.4) is 0 Å². The number of amides is 2. The van der Waals surface area contributed by atoms with Crippen molar-refractivity contribution >= 4 is 23.7 Å². The number of ether oxygens (including phenoxy) is 1. The van der Waals surface area contributed by atoms with E-state index in [1.807, 2.05) is 4.90 Å². The molecule has 0 bridgehead atoms. The minimum atomic E-state index is -0.627. The Hall–Kier alpha value is -2.71. The van der Waals surface area contributed by atoms with Crippen LogP contribution in [-0.2, 0) is 19.1 Å². The Morgan fingerprint density at radius 2 is 1.92 bits per heavy atom. The Balaban J connectivity index is 1.42. The fourth-order valence-corrected chi connectivity index (χ4v) is 2.73. The highest BCUT2D eigenvalue weighted by Gasteiger charge is 2.30. The summed E-state index contributed by atoms with van der Waals surface area (Å²) in [5.74, 6) is -0.303. The van der Waals surface area contributed by atoms with Crippen LogP contribution in [0.1, 0.15) is 12.8 Å². The number of nitrogens with one attached hydrogen (secondary N) is 1. The third kappa shape index (κ3) is 3.79. The van der Waals surface area contributed by atoms with Gasteiger partial charge in [-0.25, -0.2) is 14.8 Å². The van der Waals surface area contributed by atoms with E-state index in [1.54, 1.807) is 23.4 Å². The zero-order chi connectivity index (χ0) is 16.9. The summed E-state index contributed by atoms with van der Waals surface area (Å²) in [4.78, 5) is 47.0. The summed E-state index contributed by atoms with van der Waals surface area (Å²) in [5, 5.41) is 2.52. The van der Waals surface area contributed by atoms with Crippen LogP contribution in [0.5, 0.6) is 0 Å². The molecule has 2 amide bonds. The molecule has 1 aromatic rings. The molecule has 3 rings (SSSR count). The zero-order valence-electron chi connectivity index (χ0n) is 13.2. The molecule has 9 heteroatoms. The van der Waals surface area contributed by atoms with E-state index in [4.69, 9.17) is 4.74 Å². The summed E-state index contributed by atoms with van der Waals surface area (Å²) in [7, 11) is 0. The Morgan fingerprint density at radius 1 is 1.21 bits per heavy atom. The van der Waals surface area contributed by atoms with Gasteiger partial charge in [0.25, 0.3) is 5.91 Å². The van der Waals surface area contributed by atoms with Crippen molar-refractivity contribution in [3.63, 3.8) is 0 Å². The van der Waals surface area contributed by atoms with Crippen molar-refractivity contribution < 1.29 is 19.1 Å². The van der Waals surface area contributed by atoms with Gasteiger partial charge in [0.15, 0.2) is 6.61 Å². The van der Waals surface area contributed by atoms with Gasteiger partial charge >= 0.3 is 5.97 Å². The Kier molecular flexibility index (Phi) is 4.88. The molecule has 0 spiro atoms. The second-order valence-electron chi connectivity index (χ2n) is 5.68. The first-order chi connectivity index (χ1) is 11.6. The number of rotatable bonds is 4. The van der Waals surface area contributed by atoms with E-state index in [0.29, 0.717) is 45.0 Å². The molecule has 0 saturated carbocycles. The molecule has 9 nitrogen and oxygen atoms in total. The van der Waals surface area contributed by atoms with E-state index in [-0.39, 0.29) is 18.4 Å². The van der Waals surface area contributed by atoms with Crippen LogP contribution in [0, 0.1) is 0 Å². The fourth-order valence-electron chi connectivity index (χ4n) is 2.73. The number of piperazine rings is 1. The highest BCUT2D eigenvalue weighted by molar-refractivity contribution is 5.89. The largest absolute Gasteiger partial charge is 0.454 e. The standard InChI is InChI=1S/C15H19N5O4/c21-12-3-2-11(18-12)14(23)24-10-13(22)19-6-8-20(9-7-19)15-16-4-1-5-17-15/h1,4-5,11H,2-3,6-10H2,(H,18,21)/t11-/m0/s1. The average molecular weight is 333 g/mol. The summed E-state index contributed by atoms with van der Waals surface area (Å²) in [6.07, 6.45) is 4.10. The van der Waals surface area contributed by atoms with Gasteiger partial charge in [-0.3, -0.25) is 9.59 Å². The summed E-state index contributed by atoms with van der Waals surface area (Å²) in [5.41, 5.74) is 0. The van der Waals surface area contributed by atoms with E-state index >= 15 is 0 Å². The van der Waals surface area contributed by atoms with E-state index in [0.717, 1.165) is 0 Å². The molecular weight excluding hydrogens is 314 g/mol. The Morgan fingerprint density at radius 3 is 2.54 bits per heavy atom. The van der Waals surface area contributed by atoms with Crippen molar-refractivity contribution in [3.8, 4) is 0 Å². The number of carbonyl (C=O) groups is 3. The van der Waals surface area contributed by atoms with Crippen LogP contribution in [0.2, 0.25) is 0 Å². The first-order valence-corrected chi connectivity index (χ1v) is 7.89. The van der Waals surface area contributed by atoms with Crippen LogP contribution in [0.25, 0.3) is 0 Å².